The average Bonchev–Trinajstić information content (AvgIpc) is 3.21. The lowest BCUT2D eigenvalue weighted by Crippen LogP contribution is -2.36. The number of aliphatic hydroxyl groups is 1. The Kier molecular flexibility index (Phi) is 6.26. The summed E-state index contributed by atoms with van der Waals surface area (Å²) in [5.41, 5.74) is 2.10. The number of benzene rings is 3. The van der Waals surface area contributed by atoms with Crippen LogP contribution in [0.5, 0.6) is 0 Å². The maximum atomic E-state index is 11.4. The number of hydrogen-bond acceptors (Lipinski definition) is 4. The molecular weight excluding hydrogens is 376 g/mol. The molecule has 0 aliphatic carbocycles. The zero-order valence-electron chi connectivity index (χ0n) is 16.8. The molecule has 3 aromatic rings. The van der Waals surface area contributed by atoms with Gasteiger partial charge in [0.05, 0.1) is 12.7 Å². The molecule has 1 aliphatic heterocycles. The second kappa shape index (κ2) is 9.24. The molecule has 0 unspecified atom stereocenters. The van der Waals surface area contributed by atoms with Gasteiger partial charge in [0, 0.05) is 12.8 Å². The summed E-state index contributed by atoms with van der Waals surface area (Å²) in [6, 6.07) is 30.2. The summed E-state index contributed by atoms with van der Waals surface area (Å²) >= 11 is 0. The van der Waals surface area contributed by atoms with E-state index in [2.05, 4.69) is 0 Å². The second-order valence-electron chi connectivity index (χ2n) is 7.63. The summed E-state index contributed by atoms with van der Waals surface area (Å²) in [5, 5.41) is 10.7. The Bertz CT molecular complexity index is 844. The third-order valence-corrected chi connectivity index (χ3v) is 5.54. The number of carbonyl (C=O) groups excluding carboxylic acids is 1. The van der Waals surface area contributed by atoms with Gasteiger partial charge in [0.25, 0.3) is 0 Å². The highest BCUT2D eigenvalue weighted by Gasteiger charge is 2.38. The number of hydrogen-bond donors (Lipinski definition) is 1. The van der Waals surface area contributed by atoms with Crippen LogP contribution in [0, 0.1) is 0 Å². The molecule has 30 heavy (non-hydrogen) atoms. The van der Waals surface area contributed by atoms with E-state index in [1.165, 1.54) is 0 Å². The summed E-state index contributed by atoms with van der Waals surface area (Å²) in [7, 11) is 0. The number of rotatable bonds is 8. The standard InChI is InChI=1S/C26H26O4/c27-23(18-24-16-17-25(28)30-24)19-29-26(20-10-4-1-5-11-20,21-12-6-2-7-13-21)22-14-8-3-9-15-22/h1-15,23-24,27H,16-19H2/t23-,24-/m1/s1. The Morgan fingerprint density at radius 2 is 1.33 bits per heavy atom. The molecule has 154 valence electrons. The molecular formula is C26H26O4. The highest BCUT2D eigenvalue weighted by atomic mass is 16.6. The van der Waals surface area contributed by atoms with Gasteiger partial charge in [-0.25, -0.2) is 0 Å². The van der Waals surface area contributed by atoms with Gasteiger partial charge >= 0.3 is 5.97 Å². The van der Waals surface area contributed by atoms with Gasteiger partial charge in [-0.15, -0.1) is 0 Å². The normalized spacial score (nSPS) is 17.5. The number of cyclic esters (lactones) is 1. The topological polar surface area (TPSA) is 55.8 Å². The molecule has 1 aliphatic rings. The van der Waals surface area contributed by atoms with Crippen LogP contribution < -0.4 is 0 Å². The van der Waals surface area contributed by atoms with Crippen LogP contribution in [0.3, 0.4) is 0 Å². The van der Waals surface area contributed by atoms with E-state index in [-0.39, 0.29) is 18.7 Å². The first-order chi connectivity index (χ1) is 14.7. The molecule has 0 spiro atoms. The molecule has 0 radical (unpaired) electrons. The first kappa shape index (κ1) is 20.3. The molecule has 3 aromatic carbocycles. The van der Waals surface area contributed by atoms with E-state index in [1.807, 2.05) is 91.0 Å². The van der Waals surface area contributed by atoms with Gasteiger partial charge in [0.15, 0.2) is 0 Å². The molecule has 4 nitrogen and oxygen atoms in total. The highest BCUT2D eigenvalue weighted by Crippen LogP contribution is 2.40. The van der Waals surface area contributed by atoms with E-state index in [0.717, 1.165) is 16.7 Å². The summed E-state index contributed by atoms with van der Waals surface area (Å²) in [4.78, 5) is 11.4. The van der Waals surface area contributed by atoms with E-state index in [1.54, 1.807) is 0 Å². The third kappa shape index (κ3) is 4.30. The van der Waals surface area contributed by atoms with Crippen molar-refractivity contribution in [3.05, 3.63) is 108 Å². The lowest BCUT2D eigenvalue weighted by molar-refractivity contribution is -0.142. The zero-order valence-corrected chi connectivity index (χ0v) is 16.8. The molecule has 1 heterocycles. The van der Waals surface area contributed by atoms with Crippen molar-refractivity contribution in [1.29, 1.82) is 0 Å². The molecule has 0 amide bonds. The number of ether oxygens (including phenoxy) is 2. The Balaban J connectivity index is 1.69. The summed E-state index contributed by atoms with van der Waals surface area (Å²) in [6.07, 6.45) is 0.462. The molecule has 1 N–H and O–H groups in total. The first-order valence-corrected chi connectivity index (χ1v) is 10.4. The number of aliphatic hydroxyl groups excluding tert-OH is 1. The van der Waals surface area contributed by atoms with Crippen molar-refractivity contribution in [3.8, 4) is 0 Å². The lowest BCUT2D eigenvalue weighted by Gasteiger charge is -2.36. The Morgan fingerprint density at radius 3 is 1.73 bits per heavy atom. The molecule has 1 saturated heterocycles. The highest BCUT2D eigenvalue weighted by molar-refractivity contribution is 5.71. The number of carbonyl (C=O) groups is 1. The maximum Gasteiger partial charge on any atom is 0.306 e. The fourth-order valence-electron chi connectivity index (χ4n) is 4.11. The number of esters is 1. The summed E-state index contributed by atoms with van der Waals surface area (Å²) < 4.78 is 11.9. The molecule has 0 aromatic heterocycles. The fraction of sp³-hybridized carbons (Fsp3) is 0.269. The van der Waals surface area contributed by atoms with Crippen LogP contribution in [0.2, 0.25) is 0 Å². The summed E-state index contributed by atoms with van der Waals surface area (Å²) in [6.45, 7) is 0.118. The van der Waals surface area contributed by atoms with Crippen LogP contribution in [-0.2, 0) is 19.9 Å². The molecule has 2 atom stereocenters. The minimum Gasteiger partial charge on any atom is -0.462 e. The van der Waals surface area contributed by atoms with Crippen molar-refractivity contribution < 1.29 is 19.4 Å². The van der Waals surface area contributed by atoms with Crippen molar-refractivity contribution in [2.75, 3.05) is 6.61 Å². The summed E-state index contributed by atoms with van der Waals surface area (Å²) in [5.74, 6) is -0.194. The minimum absolute atomic E-state index is 0.118. The Labute approximate surface area is 177 Å². The lowest BCUT2D eigenvalue weighted by atomic mass is 9.80. The largest absolute Gasteiger partial charge is 0.462 e. The fourth-order valence-corrected chi connectivity index (χ4v) is 4.11. The van der Waals surface area contributed by atoms with Crippen LogP contribution in [0.15, 0.2) is 91.0 Å². The van der Waals surface area contributed by atoms with Crippen molar-refractivity contribution in [3.63, 3.8) is 0 Å². The van der Waals surface area contributed by atoms with E-state index >= 15 is 0 Å². The van der Waals surface area contributed by atoms with Crippen LogP contribution >= 0.6 is 0 Å². The van der Waals surface area contributed by atoms with E-state index in [0.29, 0.717) is 19.3 Å². The third-order valence-electron chi connectivity index (χ3n) is 5.54. The monoisotopic (exact) mass is 402 g/mol. The van der Waals surface area contributed by atoms with Crippen LogP contribution in [-0.4, -0.2) is 29.9 Å². The van der Waals surface area contributed by atoms with Gasteiger partial charge in [-0.3, -0.25) is 4.79 Å². The average molecular weight is 402 g/mol. The van der Waals surface area contributed by atoms with Gasteiger partial charge < -0.3 is 14.6 Å². The van der Waals surface area contributed by atoms with Crippen LogP contribution in [0.4, 0.5) is 0 Å². The first-order valence-electron chi connectivity index (χ1n) is 10.4. The van der Waals surface area contributed by atoms with Gasteiger partial charge in [-0.2, -0.15) is 0 Å². The zero-order chi connectivity index (χ0) is 20.8. The molecule has 4 rings (SSSR count). The van der Waals surface area contributed by atoms with Gasteiger partial charge in [-0.1, -0.05) is 91.0 Å². The predicted molar refractivity (Wildman–Crippen MR) is 115 cm³/mol. The minimum atomic E-state index is -0.864. The maximum absolute atomic E-state index is 11.4. The second-order valence-corrected chi connectivity index (χ2v) is 7.63. The molecule has 0 bridgehead atoms. The molecule has 0 saturated carbocycles. The van der Waals surface area contributed by atoms with Crippen LogP contribution in [0.25, 0.3) is 0 Å². The van der Waals surface area contributed by atoms with Gasteiger partial charge in [0.1, 0.15) is 11.7 Å². The molecule has 1 fully saturated rings. The predicted octanol–water partition coefficient (Wildman–Crippen LogP) is 4.45. The van der Waals surface area contributed by atoms with Crippen LogP contribution in [0.1, 0.15) is 36.0 Å². The smallest absolute Gasteiger partial charge is 0.306 e. The van der Waals surface area contributed by atoms with Gasteiger partial charge in [-0.05, 0) is 23.1 Å². The molecule has 4 heteroatoms. The van der Waals surface area contributed by atoms with E-state index in [4.69, 9.17) is 9.47 Å². The Morgan fingerprint density at radius 1 is 0.867 bits per heavy atom. The van der Waals surface area contributed by atoms with Crippen molar-refractivity contribution in [2.24, 2.45) is 0 Å². The van der Waals surface area contributed by atoms with E-state index in [9.17, 15) is 9.90 Å². The van der Waals surface area contributed by atoms with Crippen molar-refractivity contribution >= 4 is 5.97 Å². The van der Waals surface area contributed by atoms with Crippen molar-refractivity contribution in [2.45, 2.75) is 37.1 Å². The van der Waals surface area contributed by atoms with Gasteiger partial charge in [0.2, 0.25) is 0 Å². The Hall–Kier alpha value is -2.95. The quantitative estimate of drug-likeness (QED) is 0.447. The van der Waals surface area contributed by atoms with Crippen molar-refractivity contribution in [1.82, 2.24) is 0 Å². The van der Waals surface area contributed by atoms with E-state index < -0.39 is 11.7 Å². The SMILES string of the molecule is O=C1CC[C@H](C[C@@H](O)COC(c2ccccc2)(c2ccccc2)c2ccccc2)O1.